The van der Waals surface area contributed by atoms with Crippen LogP contribution >= 0.6 is 27.3 Å². The Hall–Kier alpha value is -0.880. The molecule has 110 valence electrons. The van der Waals surface area contributed by atoms with Crippen molar-refractivity contribution in [2.75, 3.05) is 13.1 Å². The number of nitrogens with zero attached hydrogens (tertiary/aromatic N) is 1. The standard InChI is InChI=1S/C14H18BrNO3S/c15-12-5-4-11(20-12)2-1-3-13(17)16-8-6-10(7-9-16)14(18)19/h4-5,10H,1-3,6-9H2,(H,18,19). The summed E-state index contributed by atoms with van der Waals surface area (Å²) in [5, 5.41) is 8.93. The van der Waals surface area contributed by atoms with E-state index >= 15 is 0 Å². The first-order valence-electron chi connectivity index (χ1n) is 6.81. The van der Waals surface area contributed by atoms with Gasteiger partial charge in [0.1, 0.15) is 0 Å². The molecule has 0 radical (unpaired) electrons. The summed E-state index contributed by atoms with van der Waals surface area (Å²) in [6, 6.07) is 4.11. The van der Waals surface area contributed by atoms with Gasteiger partial charge in [-0.1, -0.05) is 0 Å². The second kappa shape index (κ2) is 7.22. The number of hydrogen-bond acceptors (Lipinski definition) is 3. The average Bonchev–Trinajstić information content (AvgIpc) is 2.84. The third-order valence-corrected chi connectivity index (χ3v) is 5.32. The molecule has 1 fully saturated rings. The summed E-state index contributed by atoms with van der Waals surface area (Å²) >= 11 is 5.13. The van der Waals surface area contributed by atoms with Crippen LogP contribution in [0.25, 0.3) is 0 Å². The number of halogens is 1. The first-order valence-corrected chi connectivity index (χ1v) is 8.42. The fourth-order valence-corrected chi connectivity index (χ4v) is 3.96. The van der Waals surface area contributed by atoms with Gasteiger partial charge >= 0.3 is 5.97 Å². The predicted octanol–water partition coefficient (Wildman–Crippen LogP) is 3.16. The van der Waals surface area contributed by atoms with Crippen LogP contribution in [0.3, 0.4) is 0 Å². The van der Waals surface area contributed by atoms with Crippen molar-refractivity contribution in [1.29, 1.82) is 0 Å². The number of likely N-dealkylation sites (tertiary alicyclic amines) is 1. The van der Waals surface area contributed by atoms with E-state index in [1.54, 1.807) is 11.3 Å². The number of carbonyl (C=O) groups excluding carboxylic acids is 1. The molecule has 4 nitrogen and oxygen atoms in total. The number of amides is 1. The smallest absolute Gasteiger partial charge is 0.306 e. The Morgan fingerprint density at radius 1 is 1.35 bits per heavy atom. The lowest BCUT2D eigenvalue weighted by Crippen LogP contribution is -2.40. The van der Waals surface area contributed by atoms with E-state index in [1.165, 1.54) is 4.88 Å². The van der Waals surface area contributed by atoms with Crippen molar-refractivity contribution >= 4 is 39.1 Å². The highest BCUT2D eigenvalue weighted by atomic mass is 79.9. The lowest BCUT2D eigenvalue weighted by molar-refractivity contribution is -0.145. The second-order valence-electron chi connectivity index (χ2n) is 5.05. The molecular formula is C14H18BrNO3S. The molecule has 0 saturated carbocycles. The molecule has 2 rings (SSSR count). The van der Waals surface area contributed by atoms with Gasteiger partial charge in [0.05, 0.1) is 9.70 Å². The molecule has 1 aliphatic heterocycles. The molecule has 2 heterocycles. The third kappa shape index (κ3) is 4.31. The zero-order valence-corrected chi connectivity index (χ0v) is 13.6. The molecule has 1 N–H and O–H groups in total. The average molecular weight is 360 g/mol. The number of carboxylic acid groups (broad SMARTS) is 1. The quantitative estimate of drug-likeness (QED) is 0.878. The molecule has 0 bridgehead atoms. The Morgan fingerprint density at radius 3 is 2.60 bits per heavy atom. The van der Waals surface area contributed by atoms with Gasteiger partial charge in [0.2, 0.25) is 5.91 Å². The van der Waals surface area contributed by atoms with Gasteiger partial charge in [-0.05, 0) is 53.7 Å². The summed E-state index contributed by atoms with van der Waals surface area (Å²) in [6.07, 6.45) is 3.49. The maximum atomic E-state index is 12.0. The largest absolute Gasteiger partial charge is 0.481 e. The lowest BCUT2D eigenvalue weighted by atomic mass is 9.97. The summed E-state index contributed by atoms with van der Waals surface area (Å²) in [5.74, 6) is -0.854. The van der Waals surface area contributed by atoms with E-state index in [0.29, 0.717) is 32.4 Å². The zero-order chi connectivity index (χ0) is 14.5. The van der Waals surface area contributed by atoms with Gasteiger partial charge in [0.25, 0.3) is 0 Å². The van der Waals surface area contributed by atoms with E-state index in [-0.39, 0.29) is 11.8 Å². The van der Waals surface area contributed by atoms with Gasteiger partial charge in [-0.2, -0.15) is 0 Å². The summed E-state index contributed by atoms with van der Waals surface area (Å²) in [5.41, 5.74) is 0. The van der Waals surface area contributed by atoms with Gasteiger partial charge in [-0.25, -0.2) is 0 Å². The minimum Gasteiger partial charge on any atom is -0.481 e. The maximum Gasteiger partial charge on any atom is 0.306 e. The Labute approximate surface area is 130 Å². The molecule has 1 aromatic rings. The van der Waals surface area contributed by atoms with Crippen LogP contribution in [0.15, 0.2) is 15.9 Å². The molecule has 1 saturated heterocycles. The molecule has 0 aliphatic carbocycles. The zero-order valence-electron chi connectivity index (χ0n) is 11.2. The van der Waals surface area contributed by atoms with Crippen molar-refractivity contribution in [3.63, 3.8) is 0 Å². The number of carboxylic acids is 1. The highest BCUT2D eigenvalue weighted by Crippen LogP contribution is 2.24. The van der Waals surface area contributed by atoms with Gasteiger partial charge < -0.3 is 10.0 Å². The highest BCUT2D eigenvalue weighted by Gasteiger charge is 2.26. The second-order valence-corrected chi connectivity index (χ2v) is 7.60. The first kappa shape index (κ1) is 15.5. The van der Waals surface area contributed by atoms with E-state index in [2.05, 4.69) is 22.0 Å². The van der Waals surface area contributed by atoms with Crippen LogP contribution in [0.2, 0.25) is 0 Å². The monoisotopic (exact) mass is 359 g/mol. The van der Waals surface area contributed by atoms with E-state index in [9.17, 15) is 9.59 Å². The Balaban J connectivity index is 1.69. The van der Waals surface area contributed by atoms with Gasteiger partial charge in [-0.15, -0.1) is 11.3 Å². The maximum absolute atomic E-state index is 12.0. The molecule has 0 unspecified atom stereocenters. The minimum absolute atomic E-state index is 0.157. The van der Waals surface area contributed by atoms with Crippen LogP contribution in [-0.4, -0.2) is 35.0 Å². The van der Waals surface area contributed by atoms with E-state index < -0.39 is 5.97 Å². The number of aryl methyl sites for hydroxylation is 1. The van der Waals surface area contributed by atoms with Crippen LogP contribution in [-0.2, 0) is 16.0 Å². The molecule has 20 heavy (non-hydrogen) atoms. The Bertz CT molecular complexity index is 481. The number of rotatable bonds is 5. The molecule has 1 aromatic heterocycles. The summed E-state index contributed by atoms with van der Waals surface area (Å²) in [4.78, 5) is 26.0. The number of aliphatic carboxylic acids is 1. The van der Waals surface area contributed by atoms with Crippen molar-refractivity contribution < 1.29 is 14.7 Å². The van der Waals surface area contributed by atoms with Crippen LogP contribution in [0.4, 0.5) is 0 Å². The van der Waals surface area contributed by atoms with Crippen molar-refractivity contribution in [1.82, 2.24) is 4.90 Å². The number of thiophene rings is 1. The topological polar surface area (TPSA) is 57.6 Å². The van der Waals surface area contributed by atoms with Crippen molar-refractivity contribution in [2.45, 2.75) is 32.1 Å². The predicted molar refractivity (Wildman–Crippen MR) is 81.9 cm³/mol. The van der Waals surface area contributed by atoms with Crippen molar-refractivity contribution in [2.24, 2.45) is 5.92 Å². The third-order valence-electron chi connectivity index (χ3n) is 3.64. The number of piperidine rings is 1. The van der Waals surface area contributed by atoms with E-state index in [4.69, 9.17) is 5.11 Å². The van der Waals surface area contributed by atoms with Gasteiger partial charge in [0, 0.05) is 24.4 Å². The Morgan fingerprint density at radius 2 is 2.05 bits per heavy atom. The highest BCUT2D eigenvalue weighted by molar-refractivity contribution is 9.11. The van der Waals surface area contributed by atoms with Crippen LogP contribution in [0.5, 0.6) is 0 Å². The molecule has 1 aliphatic rings. The normalized spacial score (nSPS) is 16.4. The number of hydrogen-bond donors (Lipinski definition) is 1. The van der Waals surface area contributed by atoms with E-state index in [1.807, 2.05) is 11.0 Å². The van der Waals surface area contributed by atoms with Crippen molar-refractivity contribution in [3.05, 3.63) is 20.8 Å². The van der Waals surface area contributed by atoms with Crippen molar-refractivity contribution in [3.8, 4) is 0 Å². The Kier molecular flexibility index (Phi) is 5.60. The lowest BCUT2D eigenvalue weighted by Gasteiger charge is -2.30. The molecule has 6 heteroatoms. The molecule has 0 atom stereocenters. The SMILES string of the molecule is O=C(O)C1CCN(C(=O)CCCc2ccc(Br)s2)CC1. The van der Waals surface area contributed by atoms with Crippen LogP contribution < -0.4 is 0 Å². The summed E-state index contributed by atoms with van der Waals surface area (Å²) < 4.78 is 1.12. The molecule has 0 spiro atoms. The fraction of sp³-hybridized carbons (Fsp3) is 0.571. The minimum atomic E-state index is -0.736. The van der Waals surface area contributed by atoms with E-state index in [0.717, 1.165) is 16.6 Å². The first-order chi connectivity index (χ1) is 9.56. The number of carbonyl (C=O) groups is 2. The van der Waals surface area contributed by atoms with Gasteiger partial charge in [-0.3, -0.25) is 9.59 Å². The molecule has 0 aromatic carbocycles. The van der Waals surface area contributed by atoms with Crippen LogP contribution in [0, 0.1) is 5.92 Å². The van der Waals surface area contributed by atoms with Gasteiger partial charge in [0.15, 0.2) is 0 Å². The summed E-state index contributed by atoms with van der Waals surface area (Å²) in [6.45, 7) is 1.17. The van der Waals surface area contributed by atoms with Crippen LogP contribution in [0.1, 0.15) is 30.6 Å². The summed E-state index contributed by atoms with van der Waals surface area (Å²) in [7, 11) is 0. The molecular weight excluding hydrogens is 342 g/mol. The molecule has 1 amide bonds. The fourth-order valence-electron chi connectivity index (χ4n) is 2.43.